The zero-order valence-electron chi connectivity index (χ0n) is 16.4. The second-order valence-electron chi connectivity index (χ2n) is 7.60. The van der Waals surface area contributed by atoms with Crippen molar-refractivity contribution >= 4 is 27.0 Å². The Bertz CT molecular complexity index is 954. The molecule has 1 aromatic carbocycles. The van der Waals surface area contributed by atoms with Gasteiger partial charge in [0, 0.05) is 25.9 Å². The average molecular weight is 410 g/mol. The first-order valence-electron chi connectivity index (χ1n) is 9.44. The van der Waals surface area contributed by atoms with Gasteiger partial charge in [0.2, 0.25) is 10.0 Å². The van der Waals surface area contributed by atoms with Gasteiger partial charge in [0.1, 0.15) is 17.1 Å². The van der Waals surface area contributed by atoms with Crippen molar-refractivity contribution in [3.63, 3.8) is 0 Å². The van der Waals surface area contributed by atoms with Crippen molar-refractivity contribution in [1.29, 1.82) is 0 Å². The predicted octanol–water partition coefficient (Wildman–Crippen LogP) is 2.26. The third kappa shape index (κ3) is 4.15. The van der Waals surface area contributed by atoms with Crippen LogP contribution < -0.4 is 4.74 Å². The lowest BCUT2D eigenvalue weighted by atomic mass is 9.82. The number of hydrogen-bond acceptors (Lipinski definition) is 5. The first-order chi connectivity index (χ1) is 13.2. The quantitative estimate of drug-likeness (QED) is 0.725. The number of carboxylic acid groups (broad SMARTS) is 1. The molecule has 1 fully saturated rings. The number of methoxy groups -OCH3 is 1. The van der Waals surface area contributed by atoms with Crippen molar-refractivity contribution < 1.29 is 23.1 Å². The van der Waals surface area contributed by atoms with Crippen LogP contribution in [0.4, 0.5) is 0 Å². The molecule has 0 amide bonds. The van der Waals surface area contributed by atoms with Crippen LogP contribution in [0.5, 0.6) is 5.75 Å². The summed E-state index contributed by atoms with van der Waals surface area (Å²) >= 11 is 0. The highest BCUT2D eigenvalue weighted by atomic mass is 32.2. The number of ether oxygens (including phenoxy) is 1. The number of imidazole rings is 1. The summed E-state index contributed by atoms with van der Waals surface area (Å²) in [5, 5.41) is 8.77. The molecular weight excluding hydrogens is 382 g/mol. The number of rotatable bonds is 7. The molecule has 2 atom stereocenters. The van der Waals surface area contributed by atoms with Gasteiger partial charge >= 0.3 is 5.97 Å². The van der Waals surface area contributed by atoms with Crippen LogP contribution >= 0.6 is 0 Å². The average Bonchev–Trinajstić information content (AvgIpc) is 3.04. The van der Waals surface area contributed by atoms with E-state index >= 15 is 0 Å². The molecule has 2 unspecified atom stereocenters. The van der Waals surface area contributed by atoms with Crippen molar-refractivity contribution in [2.45, 2.75) is 38.4 Å². The fourth-order valence-corrected chi connectivity index (χ4v) is 5.22. The highest BCUT2D eigenvalue weighted by Crippen LogP contribution is 2.32. The van der Waals surface area contributed by atoms with Gasteiger partial charge in [-0.25, -0.2) is 17.7 Å². The third-order valence-corrected chi connectivity index (χ3v) is 7.69. The predicted molar refractivity (Wildman–Crippen MR) is 106 cm³/mol. The number of aromatic nitrogens is 2. The Morgan fingerprint density at radius 2 is 2.14 bits per heavy atom. The SMILES string of the molecule is COc1cccc2[nH]c(CC3CN(S(=O)(=O)C(C)C)CCC3CC(=O)O)nc12. The Labute approximate surface area is 165 Å². The Balaban J connectivity index is 1.87. The number of H-pyrrole nitrogens is 1. The summed E-state index contributed by atoms with van der Waals surface area (Å²) in [4.78, 5) is 19.2. The molecule has 0 bridgehead atoms. The maximum Gasteiger partial charge on any atom is 0.303 e. The fourth-order valence-electron chi connectivity index (χ4n) is 3.87. The molecule has 2 heterocycles. The molecule has 3 rings (SSSR count). The Kier molecular flexibility index (Phi) is 5.95. The number of aromatic amines is 1. The molecule has 1 aliphatic rings. The normalized spacial score (nSPS) is 21.3. The molecule has 28 heavy (non-hydrogen) atoms. The van der Waals surface area contributed by atoms with Gasteiger partial charge in [0.25, 0.3) is 0 Å². The van der Waals surface area contributed by atoms with E-state index < -0.39 is 21.2 Å². The molecular formula is C19H27N3O5S. The molecule has 2 N–H and O–H groups in total. The lowest BCUT2D eigenvalue weighted by molar-refractivity contribution is -0.138. The number of hydrogen-bond donors (Lipinski definition) is 2. The first kappa shape index (κ1) is 20.6. The number of benzene rings is 1. The number of carbonyl (C=O) groups is 1. The molecule has 8 nitrogen and oxygen atoms in total. The number of sulfonamides is 1. The molecule has 2 aromatic rings. The zero-order chi connectivity index (χ0) is 20.5. The summed E-state index contributed by atoms with van der Waals surface area (Å²) in [5.74, 6) is 0.302. The summed E-state index contributed by atoms with van der Waals surface area (Å²) < 4.78 is 32.1. The molecule has 1 saturated heterocycles. The van der Waals surface area contributed by atoms with E-state index in [1.165, 1.54) is 4.31 Å². The van der Waals surface area contributed by atoms with Crippen LogP contribution in [0.1, 0.15) is 32.5 Å². The minimum atomic E-state index is -3.38. The summed E-state index contributed by atoms with van der Waals surface area (Å²) in [5.41, 5.74) is 1.56. The maximum absolute atomic E-state index is 12.6. The zero-order valence-corrected chi connectivity index (χ0v) is 17.2. The number of piperidine rings is 1. The standard InChI is InChI=1S/C19H27N3O5S/c1-12(2)28(25,26)22-8-7-13(10-18(23)24)14(11-22)9-17-20-15-5-4-6-16(27-3)19(15)21-17/h4-6,12-14H,7-11H2,1-3H3,(H,20,21)(H,23,24). The van der Waals surface area contributed by atoms with Crippen molar-refractivity contribution in [1.82, 2.24) is 14.3 Å². The van der Waals surface area contributed by atoms with Gasteiger partial charge < -0.3 is 14.8 Å². The van der Waals surface area contributed by atoms with Gasteiger partial charge in [-0.1, -0.05) is 6.07 Å². The molecule has 0 radical (unpaired) electrons. The van der Waals surface area contributed by atoms with E-state index in [1.54, 1.807) is 21.0 Å². The Hall–Kier alpha value is -2.13. The molecule has 0 saturated carbocycles. The lowest BCUT2D eigenvalue weighted by Gasteiger charge is -2.38. The van der Waals surface area contributed by atoms with E-state index in [4.69, 9.17) is 4.74 Å². The van der Waals surface area contributed by atoms with Crippen molar-refractivity contribution in [3.05, 3.63) is 24.0 Å². The van der Waals surface area contributed by atoms with Gasteiger partial charge in [-0.05, 0) is 44.2 Å². The van der Waals surface area contributed by atoms with E-state index in [-0.39, 0.29) is 18.3 Å². The highest BCUT2D eigenvalue weighted by molar-refractivity contribution is 7.89. The molecule has 0 spiro atoms. The highest BCUT2D eigenvalue weighted by Gasteiger charge is 2.37. The summed E-state index contributed by atoms with van der Waals surface area (Å²) in [6, 6.07) is 5.60. The van der Waals surface area contributed by atoms with Crippen LogP contribution in [0, 0.1) is 11.8 Å². The van der Waals surface area contributed by atoms with Gasteiger partial charge in [0.15, 0.2) is 0 Å². The smallest absolute Gasteiger partial charge is 0.303 e. The number of fused-ring (bicyclic) bond motifs is 1. The molecule has 9 heteroatoms. The number of nitrogens with zero attached hydrogens (tertiary/aromatic N) is 2. The molecule has 0 aliphatic carbocycles. The minimum Gasteiger partial charge on any atom is -0.494 e. The van der Waals surface area contributed by atoms with Crippen LogP contribution in [0.2, 0.25) is 0 Å². The largest absolute Gasteiger partial charge is 0.494 e. The lowest BCUT2D eigenvalue weighted by Crippen LogP contribution is -2.47. The minimum absolute atomic E-state index is 0.0315. The van der Waals surface area contributed by atoms with E-state index in [1.807, 2.05) is 18.2 Å². The molecule has 1 aliphatic heterocycles. The topological polar surface area (TPSA) is 113 Å². The molecule has 1 aromatic heterocycles. The number of para-hydroxylation sites is 1. The van der Waals surface area contributed by atoms with E-state index in [2.05, 4.69) is 9.97 Å². The molecule has 154 valence electrons. The van der Waals surface area contributed by atoms with Crippen molar-refractivity contribution in [3.8, 4) is 5.75 Å². The monoisotopic (exact) mass is 409 g/mol. The summed E-state index contributed by atoms with van der Waals surface area (Å²) in [6.07, 6.45) is 1.05. The Morgan fingerprint density at radius 3 is 2.79 bits per heavy atom. The van der Waals surface area contributed by atoms with E-state index in [9.17, 15) is 18.3 Å². The van der Waals surface area contributed by atoms with Crippen LogP contribution in [0.15, 0.2) is 18.2 Å². The maximum atomic E-state index is 12.6. The van der Waals surface area contributed by atoms with Gasteiger partial charge in [-0.15, -0.1) is 0 Å². The number of aliphatic carboxylic acids is 1. The number of nitrogens with one attached hydrogen (secondary N) is 1. The van der Waals surface area contributed by atoms with Crippen LogP contribution in [0.3, 0.4) is 0 Å². The van der Waals surface area contributed by atoms with Crippen molar-refractivity contribution in [2.24, 2.45) is 11.8 Å². The van der Waals surface area contributed by atoms with E-state index in [0.29, 0.717) is 37.5 Å². The Morgan fingerprint density at radius 1 is 1.39 bits per heavy atom. The van der Waals surface area contributed by atoms with Crippen LogP contribution in [-0.4, -0.2) is 59.2 Å². The van der Waals surface area contributed by atoms with Gasteiger partial charge in [0.05, 0.1) is 17.9 Å². The fraction of sp³-hybridized carbons (Fsp3) is 0.579. The van der Waals surface area contributed by atoms with E-state index in [0.717, 1.165) is 11.0 Å². The first-order valence-corrected chi connectivity index (χ1v) is 10.9. The van der Waals surface area contributed by atoms with Gasteiger partial charge in [-0.2, -0.15) is 0 Å². The van der Waals surface area contributed by atoms with Crippen LogP contribution in [-0.2, 0) is 21.2 Å². The van der Waals surface area contributed by atoms with Gasteiger partial charge in [-0.3, -0.25) is 4.79 Å². The summed E-state index contributed by atoms with van der Waals surface area (Å²) in [6.45, 7) is 4.01. The second kappa shape index (κ2) is 8.08. The van der Waals surface area contributed by atoms with Crippen LogP contribution in [0.25, 0.3) is 11.0 Å². The third-order valence-electron chi connectivity index (χ3n) is 5.45. The van der Waals surface area contributed by atoms with Crippen molar-refractivity contribution in [2.75, 3.05) is 20.2 Å². The second-order valence-corrected chi connectivity index (χ2v) is 10.1. The summed E-state index contributed by atoms with van der Waals surface area (Å²) in [7, 11) is -1.79. The number of carboxylic acids is 1.